The molecule has 1 amide bonds. The van der Waals surface area contributed by atoms with E-state index in [0.29, 0.717) is 17.6 Å². The van der Waals surface area contributed by atoms with Gasteiger partial charge in [-0.15, -0.1) is 0 Å². The van der Waals surface area contributed by atoms with E-state index in [0.717, 1.165) is 11.1 Å². The fraction of sp³-hybridized carbons (Fsp3) is 0.308. The van der Waals surface area contributed by atoms with Crippen LogP contribution in [0.5, 0.6) is 5.75 Å². The number of sulfonamides is 1. The normalized spacial score (nSPS) is 11.3. The van der Waals surface area contributed by atoms with Crippen LogP contribution in [0.2, 0.25) is 0 Å². The second-order valence-electron chi connectivity index (χ2n) is 8.90. The molecule has 0 aromatic heterocycles. The third kappa shape index (κ3) is 7.32. The Morgan fingerprint density at radius 1 is 1.00 bits per heavy atom. The number of nitrogens with one attached hydrogen (secondary N) is 2. The van der Waals surface area contributed by atoms with E-state index in [-0.39, 0.29) is 53.7 Å². The summed E-state index contributed by atoms with van der Waals surface area (Å²) in [7, 11) is -1.81. The lowest BCUT2D eigenvalue weighted by molar-refractivity contribution is -0.121. The number of ketones is 1. The average Bonchev–Trinajstić information content (AvgIpc) is 2.88. The van der Waals surface area contributed by atoms with Crippen LogP contribution in [0.4, 0.5) is 5.69 Å². The fourth-order valence-corrected chi connectivity index (χ4v) is 5.28. The van der Waals surface area contributed by atoms with Crippen LogP contribution < -0.4 is 25.1 Å². The molecule has 0 fully saturated rings. The van der Waals surface area contributed by atoms with Crippen LogP contribution in [-0.2, 0) is 14.8 Å². The van der Waals surface area contributed by atoms with E-state index in [1.807, 2.05) is 37.2 Å². The van der Waals surface area contributed by atoms with Crippen LogP contribution >= 0.6 is 0 Å². The standard InChI is InChI=1S/C26H32BN3O7S/c1-18(31)20-13-12-19(17-23(20)27(33)34)37-16-6-11-26(32)28-14-15-29-38(35,36)25-10-5-7-21-22(25)8-4-9-24(21)30(2)3/h4-5,7-10,12-13,17,29,33-34H,6,11,14-16H2,1-3H3,(H,28,32). The van der Waals surface area contributed by atoms with Crippen molar-refractivity contribution in [2.24, 2.45) is 0 Å². The maximum Gasteiger partial charge on any atom is 0.489 e. The lowest BCUT2D eigenvalue weighted by atomic mass is 9.76. The topological polar surface area (TPSA) is 145 Å². The number of nitrogens with zero attached hydrogens (tertiary/aromatic N) is 1. The summed E-state index contributed by atoms with van der Waals surface area (Å²) in [5.74, 6) is -0.208. The third-order valence-corrected chi connectivity index (χ3v) is 7.39. The molecule has 0 saturated carbocycles. The highest BCUT2D eigenvalue weighted by atomic mass is 32.2. The van der Waals surface area contributed by atoms with Crippen LogP contribution in [0.1, 0.15) is 30.1 Å². The smallest absolute Gasteiger partial charge is 0.489 e. The largest absolute Gasteiger partial charge is 0.494 e. The molecular weight excluding hydrogens is 509 g/mol. The number of anilines is 1. The first-order valence-corrected chi connectivity index (χ1v) is 13.6. The van der Waals surface area contributed by atoms with Gasteiger partial charge in [-0.1, -0.05) is 24.3 Å². The Morgan fingerprint density at radius 3 is 2.39 bits per heavy atom. The summed E-state index contributed by atoms with van der Waals surface area (Å²) in [4.78, 5) is 25.8. The van der Waals surface area contributed by atoms with Gasteiger partial charge in [-0.3, -0.25) is 9.59 Å². The van der Waals surface area contributed by atoms with Gasteiger partial charge in [0.1, 0.15) is 5.75 Å². The maximum atomic E-state index is 12.9. The molecule has 0 radical (unpaired) electrons. The molecule has 0 saturated heterocycles. The molecule has 3 aromatic rings. The van der Waals surface area contributed by atoms with E-state index < -0.39 is 17.1 Å². The van der Waals surface area contributed by atoms with E-state index in [9.17, 15) is 28.1 Å². The number of rotatable bonds is 13. The minimum absolute atomic E-state index is 0.0308. The van der Waals surface area contributed by atoms with Gasteiger partial charge >= 0.3 is 7.12 Å². The zero-order valence-electron chi connectivity index (χ0n) is 21.6. The Hall–Kier alpha value is -3.45. The number of ether oxygens (including phenoxy) is 1. The highest BCUT2D eigenvalue weighted by Gasteiger charge is 2.20. The Kier molecular flexibility index (Phi) is 9.87. The number of carbonyl (C=O) groups is 2. The summed E-state index contributed by atoms with van der Waals surface area (Å²) in [5.41, 5.74) is 1.16. The Morgan fingerprint density at radius 2 is 1.71 bits per heavy atom. The molecule has 0 bridgehead atoms. The molecule has 4 N–H and O–H groups in total. The maximum absolute atomic E-state index is 12.9. The Bertz CT molecular complexity index is 1410. The molecule has 202 valence electrons. The van der Waals surface area contributed by atoms with Gasteiger partial charge in [-0.05, 0) is 49.1 Å². The zero-order valence-corrected chi connectivity index (χ0v) is 22.4. The molecule has 0 heterocycles. The molecule has 0 aliphatic carbocycles. The minimum atomic E-state index is -3.79. The van der Waals surface area contributed by atoms with Gasteiger partial charge in [-0.2, -0.15) is 0 Å². The Labute approximate surface area is 222 Å². The van der Waals surface area contributed by atoms with Crippen molar-refractivity contribution in [2.45, 2.75) is 24.7 Å². The van der Waals surface area contributed by atoms with Crippen molar-refractivity contribution >= 4 is 50.8 Å². The van der Waals surface area contributed by atoms with Crippen LogP contribution in [0.15, 0.2) is 59.5 Å². The number of Topliss-reactive ketones (excluding diaryl/α,β-unsaturated/α-hetero) is 1. The first kappa shape index (κ1) is 29.1. The van der Waals surface area contributed by atoms with E-state index >= 15 is 0 Å². The van der Waals surface area contributed by atoms with Gasteiger partial charge in [-0.25, -0.2) is 13.1 Å². The van der Waals surface area contributed by atoms with E-state index in [2.05, 4.69) is 10.0 Å². The van der Waals surface area contributed by atoms with Gasteiger partial charge in [0.2, 0.25) is 15.9 Å². The number of amides is 1. The van der Waals surface area contributed by atoms with Gasteiger partial charge in [0.25, 0.3) is 0 Å². The van der Waals surface area contributed by atoms with Gasteiger partial charge in [0.15, 0.2) is 5.78 Å². The number of fused-ring (bicyclic) bond motifs is 1. The lowest BCUT2D eigenvalue weighted by Gasteiger charge is -2.17. The summed E-state index contributed by atoms with van der Waals surface area (Å²) in [6, 6.07) is 15.0. The number of carbonyl (C=O) groups excluding carboxylic acids is 2. The minimum Gasteiger partial charge on any atom is -0.494 e. The van der Waals surface area contributed by atoms with Crippen LogP contribution in [0, 0.1) is 0 Å². The lowest BCUT2D eigenvalue weighted by Crippen LogP contribution is -2.35. The molecule has 3 rings (SSSR count). The van der Waals surface area contributed by atoms with E-state index in [1.165, 1.54) is 19.1 Å². The molecule has 10 nitrogen and oxygen atoms in total. The number of hydrogen-bond donors (Lipinski definition) is 4. The molecule has 0 spiro atoms. The van der Waals surface area contributed by atoms with E-state index in [4.69, 9.17) is 4.74 Å². The van der Waals surface area contributed by atoms with Crippen molar-refractivity contribution in [3.05, 3.63) is 60.2 Å². The van der Waals surface area contributed by atoms with Gasteiger partial charge in [0, 0.05) is 55.6 Å². The van der Waals surface area contributed by atoms with Gasteiger partial charge < -0.3 is 25.0 Å². The Balaban J connectivity index is 1.45. The summed E-state index contributed by atoms with van der Waals surface area (Å²) in [5, 5.41) is 23.1. The summed E-state index contributed by atoms with van der Waals surface area (Å²) < 4.78 is 34.0. The number of benzene rings is 3. The molecule has 12 heteroatoms. The van der Waals surface area contributed by atoms with Crippen molar-refractivity contribution in [3.8, 4) is 5.75 Å². The molecule has 0 atom stereocenters. The predicted molar refractivity (Wildman–Crippen MR) is 147 cm³/mol. The van der Waals surface area contributed by atoms with Crippen molar-refractivity contribution < 1.29 is 32.8 Å². The van der Waals surface area contributed by atoms with Crippen molar-refractivity contribution in [1.82, 2.24) is 10.0 Å². The molecule has 0 aliphatic rings. The molecule has 0 aliphatic heterocycles. The second kappa shape index (κ2) is 12.9. The molecule has 0 unspecified atom stereocenters. The first-order chi connectivity index (χ1) is 18.0. The molecule has 38 heavy (non-hydrogen) atoms. The fourth-order valence-electron chi connectivity index (χ4n) is 4.03. The quantitative estimate of drug-likeness (QED) is 0.143. The summed E-state index contributed by atoms with van der Waals surface area (Å²) in [6.07, 6.45) is 0.539. The summed E-state index contributed by atoms with van der Waals surface area (Å²) in [6.45, 7) is 1.67. The SMILES string of the molecule is CC(=O)c1ccc(OCCCC(=O)NCCNS(=O)(=O)c2cccc3c(N(C)C)cccc23)cc1B(O)O. The highest BCUT2D eigenvalue weighted by Crippen LogP contribution is 2.30. The summed E-state index contributed by atoms with van der Waals surface area (Å²) >= 11 is 0. The van der Waals surface area contributed by atoms with Crippen molar-refractivity contribution in [1.29, 1.82) is 0 Å². The number of hydrogen-bond acceptors (Lipinski definition) is 8. The molecular formula is C26H32BN3O7S. The van der Waals surface area contributed by atoms with Crippen LogP contribution in [0.3, 0.4) is 0 Å². The van der Waals surface area contributed by atoms with E-state index in [1.54, 1.807) is 24.3 Å². The molecule has 3 aromatic carbocycles. The first-order valence-electron chi connectivity index (χ1n) is 12.1. The van der Waals surface area contributed by atoms with Gasteiger partial charge in [0.05, 0.1) is 11.5 Å². The zero-order chi connectivity index (χ0) is 27.9. The van der Waals surface area contributed by atoms with Crippen LogP contribution in [0.25, 0.3) is 10.8 Å². The predicted octanol–water partition coefficient (Wildman–Crippen LogP) is 1.04. The van der Waals surface area contributed by atoms with Crippen molar-refractivity contribution in [2.75, 3.05) is 38.7 Å². The second-order valence-corrected chi connectivity index (χ2v) is 10.6. The third-order valence-electron chi connectivity index (χ3n) is 5.87. The average molecular weight is 541 g/mol. The van der Waals surface area contributed by atoms with Crippen molar-refractivity contribution in [3.63, 3.8) is 0 Å². The highest BCUT2D eigenvalue weighted by molar-refractivity contribution is 7.89. The monoisotopic (exact) mass is 541 g/mol. The van der Waals surface area contributed by atoms with Crippen LogP contribution in [-0.4, -0.2) is 71.1 Å².